The molecule has 2 rings (SSSR count). The summed E-state index contributed by atoms with van der Waals surface area (Å²) in [7, 11) is -1.01. The Morgan fingerprint density at radius 2 is 2.24 bits per heavy atom. The van der Waals surface area contributed by atoms with Crippen LogP contribution < -0.4 is 16.1 Å². The van der Waals surface area contributed by atoms with Gasteiger partial charge in [-0.15, -0.1) is 0 Å². The number of fused-ring (bicyclic) bond motifs is 1. The van der Waals surface area contributed by atoms with E-state index in [-0.39, 0.29) is 0 Å². The Hall–Kier alpha value is -0.995. The van der Waals surface area contributed by atoms with Crippen molar-refractivity contribution in [2.45, 2.75) is 33.0 Å². The smallest absolute Gasteiger partial charge is 0.444 e. The van der Waals surface area contributed by atoms with Crippen LogP contribution in [-0.2, 0) is 16.0 Å². The summed E-state index contributed by atoms with van der Waals surface area (Å²) in [4.78, 5) is 11.5. The first-order chi connectivity index (χ1) is 11.7. The Balaban J connectivity index is 1.78. The molecule has 0 unspecified atom stereocenters. The molecule has 1 aliphatic heterocycles. The first kappa shape index (κ1) is 20.3. The van der Waals surface area contributed by atoms with E-state index in [9.17, 15) is 9.82 Å². The third-order valence-corrected chi connectivity index (χ3v) is 4.79. The summed E-state index contributed by atoms with van der Waals surface area (Å²) < 4.78 is 10.8. The molecule has 25 heavy (non-hydrogen) atoms. The van der Waals surface area contributed by atoms with E-state index in [4.69, 9.17) is 33.2 Å². The monoisotopic (exact) mass is 402 g/mol. The highest BCUT2D eigenvalue weighted by atomic mass is 35.5. The molecule has 1 heterocycles. The van der Waals surface area contributed by atoms with Crippen molar-refractivity contribution in [1.82, 2.24) is 5.32 Å². The number of carbonyl (C=O) groups excluding carboxylic acids is 1. The first-order valence-corrected chi connectivity index (χ1v) is 9.46. The topological polar surface area (TPSA) is 79.8 Å². The third kappa shape index (κ3) is 6.04. The van der Waals surface area contributed by atoms with E-state index < -0.39 is 18.8 Å². The summed E-state index contributed by atoms with van der Waals surface area (Å²) in [5.41, 5.74) is 1.53. The molecule has 6 nitrogen and oxygen atoms in total. The van der Waals surface area contributed by atoms with Crippen LogP contribution in [-0.4, -0.2) is 40.5 Å². The van der Waals surface area contributed by atoms with E-state index in [2.05, 4.69) is 10.6 Å². The van der Waals surface area contributed by atoms with Crippen LogP contribution in [0.5, 0.6) is 0 Å². The highest BCUT2D eigenvalue weighted by molar-refractivity contribution is 8.23. The predicted octanol–water partition coefficient (Wildman–Crippen LogP) is 2.51. The van der Waals surface area contributed by atoms with E-state index in [1.807, 2.05) is 26.8 Å². The number of carbonyl (C=O) groups is 1. The van der Waals surface area contributed by atoms with Gasteiger partial charge in [0.05, 0.1) is 17.3 Å². The molecule has 10 heteroatoms. The van der Waals surface area contributed by atoms with Crippen molar-refractivity contribution in [2.24, 2.45) is 0 Å². The number of ether oxygens (including phenoxy) is 1. The normalized spacial score (nSPS) is 13.4. The molecule has 1 aromatic carbocycles. The molecule has 0 saturated carbocycles. The molecular weight excluding hydrogens is 383 g/mol. The van der Waals surface area contributed by atoms with Gasteiger partial charge >= 0.3 is 13.2 Å². The van der Waals surface area contributed by atoms with E-state index in [1.165, 1.54) is 11.8 Å². The average molecular weight is 403 g/mol. The van der Waals surface area contributed by atoms with Crippen LogP contribution in [0.3, 0.4) is 0 Å². The van der Waals surface area contributed by atoms with Gasteiger partial charge in [-0.25, -0.2) is 4.79 Å². The molecule has 1 aliphatic rings. The number of alkyl carbamates (subject to hydrolysis) is 1. The Bertz CT molecular complexity index is 670. The van der Waals surface area contributed by atoms with E-state index >= 15 is 0 Å². The fourth-order valence-corrected chi connectivity index (χ4v) is 3.39. The number of hydrogen-bond donors (Lipinski definition) is 3. The summed E-state index contributed by atoms with van der Waals surface area (Å²) in [6, 6.07) is 3.64. The van der Waals surface area contributed by atoms with E-state index in [0.717, 1.165) is 5.56 Å². The number of nitrogens with one attached hydrogen (secondary N) is 2. The minimum atomic E-state index is -1.01. The lowest BCUT2D eigenvalue weighted by atomic mass is 9.79. The highest BCUT2D eigenvalue weighted by Gasteiger charge is 2.31. The van der Waals surface area contributed by atoms with Crippen molar-refractivity contribution in [1.29, 1.82) is 0 Å². The number of hydrogen-bond acceptors (Lipinski definition) is 6. The number of benzene rings is 1. The van der Waals surface area contributed by atoms with Crippen LogP contribution in [0, 0.1) is 0 Å². The maximum atomic E-state index is 11.5. The molecule has 0 atom stereocenters. The fourth-order valence-electron chi connectivity index (χ4n) is 2.13. The summed E-state index contributed by atoms with van der Waals surface area (Å²) >= 11 is 13.0. The number of rotatable bonds is 4. The summed E-state index contributed by atoms with van der Waals surface area (Å²) in [6.45, 7) is 6.19. The van der Waals surface area contributed by atoms with Gasteiger partial charge < -0.3 is 25.0 Å². The maximum Gasteiger partial charge on any atom is 0.493 e. The molecule has 0 aromatic heterocycles. The van der Waals surface area contributed by atoms with Crippen LogP contribution in [0.4, 0.5) is 10.5 Å². The zero-order valence-corrected chi connectivity index (χ0v) is 16.6. The number of halogens is 1. The second-order valence-corrected chi connectivity index (χ2v) is 8.50. The van der Waals surface area contributed by atoms with E-state index in [1.54, 1.807) is 6.07 Å². The van der Waals surface area contributed by atoms with Gasteiger partial charge in [0.1, 0.15) is 9.92 Å². The van der Waals surface area contributed by atoms with Gasteiger partial charge in [0.2, 0.25) is 0 Å². The van der Waals surface area contributed by atoms with Crippen LogP contribution in [0.2, 0.25) is 5.02 Å². The summed E-state index contributed by atoms with van der Waals surface area (Å²) in [6.07, 6.45) is -0.456. The lowest BCUT2D eigenvalue weighted by Crippen LogP contribution is -2.33. The Morgan fingerprint density at radius 1 is 1.52 bits per heavy atom. The number of amides is 1. The van der Waals surface area contributed by atoms with Crippen LogP contribution >= 0.6 is 35.6 Å². The highest BCUT2D eigenvalue weighted by Crippen LogP contribution is 2.26. The number of thiocarbonyl (C=S) groups is 1. The summed E-state index contributed by atoms with van der Waals surface area (Å²) in [5.74, 6) is 0.583. The maximum absolute atomic E-state index is 11.5. The fraction of sp³-hybridized carbons (Fsp3) is 0.467. The van der Waals surface area contributed by atoms with Crippen molar-refractivity contribution in [3.8, 4) is 0 Å². The molecule has 0 bridgehead atoms. The molecule has 0 radical (unpaired) electrons. The predicted molar refractivity (Wildman–Crippen MR) is 107 cm³/mol. The van der Waals surface area contributed by atoms with Gasteiger partial charge in [-0.05, 0) is 32.4 Å². The van der Waals surface area contributed by atoms with Gasteiger partial charge in [0.15, 0.2) is 0 Å². The largest absolute Gasteiger partial charge is 0.493 e. The zero-order valence-electron chi connectivity index (χ0n) is 14.2. The molecule has 0 fully saturated rings. The van der Waals surface area contributed by atoms with Crippen LogP contribution in [0.15, 0.2) is 12.1 Å². The van der Waals surface area contributed by atoms with Gasteiger partial charge in [-0.2, -0.15) is 0 Å². The van der Waals surface area contributed by atoms with Gasteiger partial charge in [-0.1, -0.05) is 41.6 Å². The third-order valence-electron chi connectivity index (χ3n) is 3.15. The molecule has 0 saturated heterocycles. The average Bonchev–Trinajstić information content (AvgIpc) is 2.87. The quantitative estimate of drug-likeness (QED) is 0.405. The Morgan fingerprint density at radius 3 is 2.92 bits per heavy atom. The van der Waals surface area contributed by atoms with Crippen molar-refractivity contribution in [3.05, 3.63) is 22.7 Å². The Labute approximate surface area is 162 Å². The molecule has 136 valence electrons. The molecule has 3 N–H and O–H groups in total. The Kier molecular flexibility index (Phi) is 6.98. The molecule has 0 spiro atoms. The molecule has 1 amide bonds. The minimum Gasteiger partial charge on any atom is -0.444 e. The standard InChI is InChI=1S/C15H20BClN2O4S2/c1-15(2,3)23-13(20)18-6-7-25-14(24)19-10-5-4-9-8-22-16(21)11(9)12(10)17/h4-5,21H,6-8H2,1-3H3,(H,18,20)(H,19,24). The van der Waals surface area contributed by atoms with Crippen molar-refractivity contribution in [3.63, 3.8) is 0 Å². The first-order valence-electron chi connectivity index (χ1n) is 7.69. The van der Waals surface area contributed by atoms with Crippen LogP contribution in [0.25, 0.3) is 0 Å². The van der Waals surface area contributed by atoms with Crippen LogP contribution in [0.1, 0.15) is 26.3 Å². The number of anilines is 1. The van der Waals surface area contributed by atoms with E-state index in [0.29, 0.717) is 39.4 Å². The van der Waals surface area contributed by atoms with Gasteiger partial charge in [0, 0.05) is 17.8 Å². The lowest BCUT2D eigenvalue weighted by Gasteiger charge is -2.19. The molecule has 1 aromatic rings. The van der Waals surface area contributed by atoms with Gasteiger partial charge in [0.25, 0.3) is 0 Å². The zero-order chi connectivity index (χ0) is 18.6. The van der Waals surface area contributed by atoms with Crippen molar-refractivity contribution in [2.75, 3.05) is 17.6 Å². The second-order valence-electron chi connectivity index (χ2n) is 6.35. The molecule has 0 aliphatic carbocycles. The second kappa shape index (κ2) is 8.59. The molecular formula is C15H20BClN2O4S2. The minimum absolute atomic E-state index is 0.339. The number of thioether (sulfide) groups is 1. The van der Waals surface area contributed by atoms with Gasteiger partial charge in [-0.3, -0.25) is 0 Å². The lowest BCUT2D eigenvalue weighted by molar-refractivity contribution is 0.0531. The van der Waals surface area contributed by atoms with Crippen molar-refractivity contribution < 1.29 is 19.2 Å². The SMILES string of the molecule is CC(C)(C)OC(=O)NCCSC(=S)Nc1ccc2c(c1Cl)B(O)OC2. The van der Waals surface area contributed by atoms with Crippen molar-refractivity contribution >= 4 is 64.3 Å². The summed E-state index contributed by atoms with van der Waals surface area (Å²) in [5, 5.41) is 15.9.